The van der Waals surface area contributed by atoms with E-state index in [1.165, 1.54) is 186 Å². The van der Waals surface area contributed by atoms with Gasteiger partial charge in [0.1, 0.15) is 13.2 Å². The lowest BCUT2D eigenvalue weighted by Gasteiger charge is -2.18. The van der Waals surface area contributed by atoms with Crippen molar-refractivity contribution in [1.82, 2.24) is 0 Å². The molecule has 0 unspecified atom stereocenters. The first-order valence-electron chi connectivity index (χ1n) is 25.0. The van der Waals surface area contributed by atoms with E-state index in [0.717, 1.165) is 57.8 Å². The molecule has 0 aliphatic heterocycles. The predicted octanol–water partition coefficient (Wildman–Crippen LogP) is 16.0. The SMILES string of the molecule is CCCCCCCCCCCCCCCCCC(=O)OC[C@@H](COC(=O)CCCCCCCCCCCCCCC)OC(=O)CCCCCCCCCCCC. The quantitative estimate of drug-likeness (QED) is 0.0347. The van der Waals surface area contributed by atoms with Gasteiger partial charge in [0.05, 0.1) is 0 Å². The average Bonchev–Trinajstić information content (AvgIpc) is 3.19. The van der Waals surface area contributed by atoms with Crippen molar-refractivity contribution in [1.29, 1.82) is 0 Å². The van der Waals surface area contributed by atoms with E-state index in [0.29, 0.717) is 19.3 Å². The normalized spacial score (nSPS) is 11.8. The van der Waals surface area contributed by atoms with Crippen LogP contribution in [0.4, 0.5) is 0 Å². The number of hydrogen-bond donors (Lipinski definition) is 0. The fraction of sp³-hybridized carbons (Fsp3) is 0.940. The third-order valence-electron chi connectivity index (χ3n) is 11.4. The highest BCUT2D eigenvalue weighted by Gasteiger charge is 2.19. The summed E-state index contributed by atoms with van der Waals surface area (Å²) in [5.41, 5.74) is 0. The van der Waals surface area contributed by atoms with Crippen LogP contribution in [0.15, 0.2) is 0 Å². The Morgan fingerprint density at radius 1 is 0.286 bits per heavy atom. The van der Waals surface area contributed by atoms with Crippen LogP contribution in [0, 0.1) is 0 Å². The van der Waals surface area contributed by atoms with Crippen molar-refractivity contribution in [2.24, 2.45) is 0 Å². The molecular formula is C50H96O6. The molecular weight excluding hydrogens is 697 g/mol. The minimum Gasteiger partial charge on any atom is -0.462 e. The van der Waals surface area contributed by atoms with Crippen LogP contribution in [-0.2, 0) is 28.6 Å². The van der Waals surface area contributed by atoms with Crippen molar-refractivity contribution >= 4 is 17.9 Å². The summed E-state index contributed by atoms with van der Waals surface area (Å²) in [6, 6.07) is 0. The number of carbonyl (C=O) groups is 3. The van der Waals surface area contributed by atoms with Gasteiger partial charge in [-0.2, -0.15) is 0 Å². The third-order valence-corrected chi connectivity index (χ3v) is 11.4. The number of carbonyl (C=O) groups excluding carboxylic acids is 3. The van der Waals surface area contributed by atoms with Gasteiger partial charge in [-0.15, -0.1) is 0 Å². The lowest BCUT2D eigenvalue weighted by Crippen LogP contribution is -2.30. The molecule has 1 atom stereocenters. The van der Waals surface area contributed by atoms with Crippen LogP contribution in [0.1, 0.15) is 284 Å². The van der Waals surface area contributed by atoms with E-state index in [4.69, 9.17) is 14.2 Å². The van der Waals surface area contributed by atoms with Gasteiger partial charge < -0.3 is 14.2 Å². The van der Waals surface area contributed by atoms with Gasteiger partial charge in [-0.25, -0.2) is 0 Å². The Morgan fingerprint density at radius 2 is 0.482 bits per heavy atom. The number of esters is 3. The summed E-state index contributed by atoms with van der Waals surface area (Å²) in [4.78, 5) is 37.8. The second-order valence-electron chi connectivity index (χ2n) is 17.1. The average molecular weight is 793 g/mol. The van der Waals surface area contributed by atoms with Crippen molar-refractivity contribution in [3.05, 3.63) is 0 Å². The maximum Gasteiger partial charge on any atom is 0.306 e. The molecule has 332 valence electrons. The molecule has 0 saturated carbocycles. The molecule has 0 aromatic heterocycles. The molecule has 0 bridgehead atoms. The molecule has 0 radical (unpaired) electrons. The summed E-state index contributed by atoms with van der Waals surface area (Å²) >= 11 is 0. The Bertz CT molecular complexity index is 828. The fourth-order valence-corrected chi connectivity index (χ4v) is 7.56. The van der Waals surface area contributed by atoms with Gasteiger partial charge in [-0.1, -0.05) is 245 Å². The van der Waals surface area contributed by atoms with Crippen LogP contribution in [0.5, 0.6) is 0 Å². The second kappa shape index (κ2) is 46.1. The molecule has 0 aliphatic carbocycles. The molecule has 0 saturated heterocycles. The van der Waals surface area contributed by atoms with E-state index >= 15 is 0 Å². The highest BCUT2D eigenvalue weighted by Crippen LogP contribution is 2.16. The zero-order chi connectivity index (χ0) is 40.8. The van der Waals surface area contributed by atoms with E-state index in [9.17, 15) is 14.4 Å². The van der Waals surface area contributed by atoms with Crippen molar-refractivity contribution in [2.75, 3.05) is 13.2 Å². The van der Waals surface area contributed by atoms with Crippen molar-refractivity contribution in [2.45, 2.75) is 290 Å². The Morgan fingerprint density at radius 3 is 0.714 bits per heavy atom. The van der Waals surface area contributed by atoms with Gasteiger partial charge in [-0.3, -0.25) is 14.4 Å². The first-order chi connectivity index (χ1) is 27.5. The highest BCUT2D eigenvalue weighted by molar-refractivity contribution is 5.71. The molecule has 0 fully saturated rings. The number of ether oxygens (including phenoxy) is 3. The first-order valence-corrected chi connectivity index (χ1v) is 25.0. The lowest BCUT2D eigenvalue weighted by atomic mass is 10.0. The van der Waals surface area contributed by atoms with Gasteiger partial charge in [0.15, 0.2) is 6.10 Å². The largest absolute Gasteiger partial charge is 0.462 e. The van der Waals surface area contributed by atoms with Gasteiger partial charge >= 0.3 is 17.9 Å². The summed E-state index contributed by atoms with van der Waals surface area (Å²) < 4.78 is 16.8. The zero-order valence-corrected chi connectivity index (χ0v) is 37.9. The second-order valence-corrected chi connectivity index (χ2v) is 17.1. The van der Waals surface area contributed by atoms with E-state index in [1.54, 1.807) is 0 Å². The maximum atomic E-state index is 12.7. The van der Waals surface area contributed by atoms with Crippen LogP contribution in [0.25, 0.3) is 0 Å². The molecule has 0 spiro atoms. The smallest absolute Gasteiger partial charge is 0.306 e. The van der Waals surface area contributed by atoms with Crippen LogP contribution < -0.4 is 0 Å². The van der Waals surface area contributed by atoms with Gasteiger partial charge in [0.2, 0.25) is 0 Å². The van der Waals surface area contributed by atoms with Crippen molar-refractivity contribution < 1.29 is 28.6 Å². The number of hydrogen-bond acceptors (Lipinski definition) is 6. The van der Waals surface area contributed by atoms with E-state index in [1.807, 2.05) is 0 Å². The standard InChI is InChI=1S/C50H96O6/c1-4-7-10-13-16-19-22-24-25-27-29-32-34-37-40-43-49(52)55-46-47(56-50(53)44-41-38-35-30-21-18-15-12-9-6-3)45-54-48(51)42-39-36-33-31-28-26-23-20-17-14-11-8-5-2/h47H,4-46H2,1-3H3/t47-/m1/s1. The molecule has 0 rings (SSSR count). The molecule has 56 heavy (non-hydrogen) atoms. The van der Waals surface area contributed by atoms with E-state index in [-0.39, 0.29) is 31.1 Å². The van der Waals surface area contributed by atoms with E-state index < -0.39 is 6.10 Å². The Kier molecular flexibility index (Phi) is 44.8. The van der Waals surface area contributed by atoms with Crippen LogP contribution in [-0.4, -0.2) is 37.2 Å². The predicted molar refractivity (Wildman–Crippen MR) is 238 cm³/mol. The van der Waals surface area contributed by atoms with Crippen LogP contribution >= 0.6 is 0 Å². The molecule has 6 heteroatoms. The maximum absolute atomic E-state index is 12.7. The molecule has 6 nitrogen and oxygen atoms in total. The Labute approximate surface area is 348 Å². The van der Waals surface area contributed by atoms with Gasteiger partial charge in [-0.05, 0) is 19.3 Å². The zero-order valence-electron chi connectivity index (χ0n) is 37.9. The van der Waals surface area contributed by atoms with Crippen LogP contribution in [0.2, 0.25) is 0 Å². The monoisotopic (exact) mass is 793 g/mol. The molecule has 0 heterocycles. The topological polar surface area (TPSA) is 78.9 Å². The molecule has 0 aliphatic rings. The Balaban J connectivity index is 4.27. The third kappa shape index (κ3) is 43.5. The van der Waals surface area contributed by atoms with Crippen molar-refractivity contribution in [3.8, 4) is 0 Å². The molecule has 0 aromatic carbocycles. The minimum absolute atomic E-state index is 0.0621. The summed E-state index contributed by atoms with van der Waals surface area (Å²) in [7, 11) is 0. The highest BCUT2D eigenvalue weighted by atomic mass is 16.6. The molecule has 0 amide bonds. The minimum atomic E-state index is -0.758. The summed E-state index contributed by atoms with van der Waals surface area (Å²) in [6.45, 7) is 6.66. The summed E-state index contributed by atoms with van der Waals surface area (Å²) in [5, 5.41) is 0. The molecule has 0 aromatic rings. The van der Waals surface area contributed by atoms with Crippen molar-refractivity contribution in [3.63, 3.8) is 0 Å². The Hall–Kier alpha value is -1.59. The lowest BCUT2D eigenvalue weighted by molar-refractivity contribution is -0.167. The van der Waals surface area contributed by atoms with Gasteiger partial charge in [0.25, 0.3) is 0 Å². The van der Waals surface area contributed by atoms with Crippen LogP contribution in [0.3, 0.4) is 0 Å². The fourth-order valence-electron chi connectivity index (χ4n) is 7.56. The number of unbranched alkanes of at least 4 members (excludes halogenated alkanes) is 35. The van der Waals surface area contributed by atoms with E-state index in [2.05, 4.69) is 20.8 Å². The van der Waals surface area contributed by atoms with Gasteiger partial charge in [0, 0.05) is 19.3 Å². The summed E-state index contributed by atoms with van der Waals surface area (Å²) in [6.07, 6.45) is 47.9. The number of rotatable bonds is 46. The molecule has 0 N–H and O–H groups in total. The summed E-state index contributed by atoms with van der Waals surface area (Å²) in [5.74, 6) is -0.845. The first kappa shape index (κ1) is 54.4.